The summed E-state index contributed by atoms with van der Waals surface area (Å²) in [5.74, 6) is -0.671. The van der Waals surface area contributed by atoms with Gasteiger partial charge in [-0.1, -0.05) is 34.9 Å². The molecule has 140 valence electrons. The zero-order valence-corrected chi connectivity index (χ0v) is 15.4. The molecule has 0 aliphatic heterocycles. The molecule has 0 bridgehead atoms. The van der Waals surface area contributed by atoms with Crippen LogP contribution in [0.4, 0.5) is 6.01 Å². The number of carbonyl (C=O) groups excluding carboxylic acids is 1. The second-order valence-corrected chi connectivity index (χ2v) is 7.79. The lowest BCUT2D eigenvalue weighted by atomic mass is 10.3. The lowest BCUT2D eigenvalue weighted by Gasteiger charge is -2.05. The minimum absolute atomic E-state index is 0.132. The molecular weight excluding hydrogens is 394 g/mol. The number of hydrogen-bond acceptors (Lipinski definition) is 7. The Morgan fingerprint density at radius 2 is 1.78 bits per heavy atom. The fourth-order valence-corrected chi connectivity index (χ4v) is 3.38. The Balaban J connectivity index is 1.56. The van der Waals surface area contributed by atoms with E-state index in [1.54, 1.807) is 42.5 Å². The van der Waals surface area contributed by atoms with Gasteiger partial charge >= 0.3 is 6.01 Å². The molecule has 1 heterocycles. The van der Waals surface area contributed by atoms with E-state index in [1.807, 2.05) is 0 Å². The monoisotopic (exact) mass is 407 g/mol. The molecule has 0 spiro atoms. The number of hydrogen-bond donors (Lipinski definition) is 1. The molecule has 10 heteroatoms. The van der Waals surface area contributed by atoms with Gasteiger partial charge in [0.25, 0.3) is 5.91 Å². The van der Waals surface area contributed by atoms with Crippen molar-refractivity contribution in [3.63, 3.8) is 0 Å². The minimum atomic E-state index is -3.62. The molecule has 2 aromatic carbocycles. The van der Waals surface area contributed by atoms with Crippen molar-refractivity contribution >= 4 is 33.4 Å². The zero-order chi connectivity index (χ0) is 19.3. The fourth-order valence-electron chi connectivity index (χ4n) is 2.07. The molecule has 27 heavy (non-hydrogen) atoms. The van der Waals surface area contributed by atoms with Crippen LogP contribution in [-0.4, -0.2) is 31.1 Å². The number of carbonyl (C=O) groups is 1. The molecule has 0 fully saturated rings. The van der Waals surface area contributed by atoms with Crippen molar-refractivity contribution in [1.82, 2.24) is 10.2 Å². The predicted octanol–water partition coefficient (Wildman–Crippen LogP) is 2.71. The number of nitrogens with one attached hydrogen (secondary N) is 1. The quantitative estimate of drug-likeness (QED) is 0.640. The van der Waals surface area contributed by atoms with Crippen molar-refractivity contribution in [3.05, 3.63) is 65.5 Å². The van der Waals surface area contributed by atoms with Gasteiger partial charge in [0.15, 0.2) is 16.4 Å². The maximum atomic E-state index is 12.3. The highest BCUT2D eigenvalue weighted by Gasteiger charge is 2.20. The van der Waals surface area contributed by atoms with Crippen LogP contribution >= 0.6 is 11.6 Å². The maximum Gasteiger partial charge on any atom is 0.322 e. The van der Waals surface area contributed by atoms with Crippen molar-refractivity contribution in [2.24, 2.45) is 0 Å². The first-order valence-corrected chi connectivity index (χ1v) is 9.74. The lowest BCUT2D eigenvalue weighted by molar-refractivity contribution is -0.118. The zero-order valence-electron chi connectivity index (χ0n) is 13.8. The molecule has 0 unspecified atom stereocenters. The van der Waals surface area contributed by atoms with Crippen molar-refractivity contribution in [2.45, 2.75) is 10.6 Å². The van der Waals surface area contributed by atoms with E-state index in [2.05, 4.69) is 15.5 Å². The summed E-state index contributed by atoms with van der Waals surface area (Å²) in [5, 5.41) is 10.2. The van der Waals surface area contributed by atoms with Crippen LogP contribution in [0.5, 0.6) is 5.75 Å². The van der Waals surface area contributed by atoms with Crippen LogP contribution in [-0.2, 0) is 20.4 Å². The van der Waals surface area contributed by atoms with Crippen LogP contribution in [0.15, 0.2) is 63.9 Å². The molecule has 1 amide bonds. The number of amides is 1. The van der Waals surface area contributed by atoms with Gasteiger partial charge in [-0.3, -0.25) is 10.1 Å². The number of ether oxygens (including phenoxy) is 1. The molecule has 0 aliphatic carbocycles. The molecule has 8 nitrogen and oxygen atoms in total. The summed E-state index contributed by atoms with van der Waals surface area (Å²) >= 11 is 5.76. The van der Waals surface area contributed by atoms with Gasteiger partial charge < -0.3 is 9.15 Å². The molecule has 3 aromatic rings. The normalized spacial score (nSPS) is 11.1. The van der Waals surface area contributed by atoms with E-state index in [0.29, 0.717) is 10.8 Å². The highest BCUT2D eigenvalue weighted by molar-refractivity contribution is 7.90. The van der Waals surface area contributed by atoms with Gasteiger partial charge in [-0.2, -0.15) is 0 Å². The summed E-state index contributed by atoms with van der Waals surface area (Å²) in [6.45, 7) is -0.290. The smallest absolute Gasteiger partial charge is 0.322 e. The Bertz CT molecular complexity index is 1020. The van der Waals surface area contributed by atoms with Gasteiger partial charge in [-0.25, -0.2) is 8.42 Å². The van der Waals surface area contributed by atoms with Gasteiger partial charge in [0.05, 0.1) is 4.90 Å². The van der Waals surface area contributed by atoms with Crippen LogP contribution < -0.4 is 10.1 Å². The summed E-state index contributed by atoms with van der Waals surface area (Å²) in [7, 11) is -3.62. The third-order valence-electron chi connectivity index (χ3n) is 3.31. The highest BCUT2D eigenvalue weighted by atomic mass is 35.5. The molecule has 1 aromatic heterocycles. The molecular formula is C17H14ClN3O5S. The summed E-state index contributed by atoms with van der Waals surface area (Å²) in [4.78, 5) is 12.0. The highest BCUT2D eigenvalue weighted by Crippen LogP contribution is 2.17. The van der Waals surface area contributed by atoms with E-state index in [9.17, 15) is 13.2 Å². The topological polar surface area (TPSA) is 111 Å². The van der Waals surface area contributed by atoms with E-state index in [4.69, 9.17) is 20.8 Å². The predicted molar refractivity (Wildman–Crippen MR) is 97.2 cm³/mol. The van der Waals surface area contributed by atoms with Crippen molar-refractivity contribution < 1.29 is 22.4 Å². The number of halogens is 1. The van der Waals surface area contributed by atoms with Crippen LogP contribution in [0.1, 0.15) is 5.89 Å². The maximum absolute atomic E-state index is 12.3. The number of nitrogens with zero attached hydrogens (tertiary/aromatic N) is 2. The average molecular weight is 408 g/mol. The first kappa shape index (κ1) is 18.9. The summed E-state index contributed by atoms with van der Waals surface area (Å²) in [6, 6.07) is 14.2. The van der Waals surface area contributed by atoms with E-state index in [1.165, 1.54) is 12.1 Å². The summed E-state index contributed by atoms with van der Waals surface area (Å²) in [6.07, 6.45) is 0. The second-order valence-electron chi connectivity index (χ2n) is 5.36. The molecule has 0 radical (unpaired) electrons. The van der Waals surface area contributed by atoms with Gasteiger partial charge in [0, 0.05) is 5.02 Å². The number of benzene rings is 2. The van der Waals surface area contributed by atoms with Crippen molar-refractivity contribution in [2.75, 3.05) is 11.9 Å². The Labute approximate surface area is 160 Å². The standard InChI is InChI=1S/C17H14ClN3O5S/c18-12-6-8-13(9-7-12)25-10-15(22)19-17-21-20-16(26-17)11-27(23,24)14-4-2-1-3-5-14/h1-9H,10-11H2,(H,19,21,22). The van der Waals surface area contributed by atoms with Crippen LogP contribution in [0.25, 0.3) is 0 Å². The van der Waals surface area contributed by atoms with E-state index >= 15 is 0 Å². The lowest BCUT2D eigenvalue weighted by Crippen LogP contribution is -2.20. The van der Waals surface area contributed by atoms with E-state index < -0.39 is 21.5 Å². The molecule has 0 atom stereocenters. The third-order valence-corrected chi connectivity index (χ3v) is 5.18. The SMILES string of the molecule is O=C(COc1ccc(Cl)cc1)Nc1nnc(CS(=O)(=O)c2ccccc2)o1. The van der Waals surface area contributed by atoms with Crippen LogP contribution in [0.2, 0.25) is 5.02 Å². The average Bonchev–Trinajstić information content (AvgIpc) is 3.08. The molecule has 0 saturated heterocycles. The first-order chi connectivity index (χ1) is 12.9. The van der Waals surface area contributed by atoms with Gasteiger partial charge in [0.2, 0.25) is 5.89 Å². The fraction of sp³-hybridized carbons (Fsp3) is 0.118. The number of sulfone groups is 1. The van der Waals surface area contributed by atoms with Gasteiger partial charge in [-0.15, -0.1) is 5.10 Å². The largest absolute Gasteiger partial charge is 0.484 e. The van der Waals surface area contributed by atoms with Gasteiger partial charge in [-0.05, 0) is 36.4 Å². The minimum Gasteiger partial charge on any atom is -0.484 e. The van der Waals surface area contributed by atoms with E-state index in [-0.39, 0.29) is 23.4 Å². The summed E-state index contributed by atoms with van der Waals surface area (Å²) in [5.41, 5.74) is 0. The Morgan fingerprint density at radius 3 is 2.48 bits per heavy atom. The Kier molecular flexibility index (Phi) is 5.72. The van der Waals surface area contributed by atoms with Crippen molar-refractivity contribution in [1.29, 1.82) is 0 Å². The number of rotatable bonds is 7. The van der Waals surface area contributed by atoms with Gasteiger partial charge in [0.1, 0.15) is 11.5 Å². The molecule has 3 rings (SSSR count). The number of aromatic nitrogens is 2. The first-order valence-electron chi connectivity index (χ1n) is 7.71. The van der Waals surface area contributed by atoms with Crippen molar-refractivity contribution in [3.8, 4) is 5.75 Å². The molecule has 0 aliphatic rings. The van der Waals surface area contributed by atoms with Crippen LogP contribution in [0.3, 0.4) is 0 Å². The molecule has 1 N–H and O–H groups in total. The third kappa shape index (κ3) is 5.28. The van der Waals surface area contributed by atoms with Crippen LogP contribution in [0, 0.1) is 0 Å². The summed E-state index contributed by atoms with van der Waals surface area (Å²) < 4.78 is 35.0. The number of anilines is 1. The van der Waals surface area contributed by atoms with E-state index in [0.717, 1.165) is 0 Å². The Hall–Kier alpha value is -2.91. The Morgan fingerprint density at radius 1 is 1.07 bits per heavy atom. The second kappa shape index (κ2) is 8.19. The molecule has 0 saturated carbocycles.